The van der Waals surface area contributed by atoms with Gasteiger partial charge in [-0.2, -0.15) is 5.26 Å². The topological polar surface area (TPSA) is 72.3 Å². The van der Waals surface area contributed by atoms with Crippen molar-refractivity contribution in [2.75, 3.05) is 31.5 Å². The van der Waals surface area contributed by atoms with Crippen molar-refractivity contribution in [2.45, 2.75) is 37.5 Å². The maximum atomic E-state index is 13.5. The van der Waals surface area contributed by atoms with Crippen molar-refractivity contribution in [3.05, 3.63) is 36.5 Å². The van der Waals surface area contributed by atoms with Crippen LogP contribution in [-0.4, -0.2) is 65.1 Å². The predicted molar refractivity (Wildman–Crippen MR) is 105 cm³/mol. The van der Waals surface area contributed by atoms with Crippen molar-refractivity contribution < 1.29 is 9.18 Å². The van der Waals surface area contributed by atoms with Gasteiger partial charge in [0.25, 0.3) is 0 Å². The van der Waals surface area contributed by atoms with Crippen LogP contribution in [0.4, 0.5) is 10.1 Å². The molecule has 1 N–H and O–H groups in total. The van der Waals surface area contributed by atoms with Gasteiger partial charge in [0.15, 0.2) is 0 Å². The van der Waals surface area contributed by atoms with Crippen molar-refractivity contribution in [3.63, 3.8) is 0 Å². The first kappa shape index (κ1) is 18.6. The van der Waals surface area contributed by atoms with E-state index >= 15 is 0 Å². The van der Waals surface area contributed by atoms with Crippen molar-refractivity contribution in [2.24, 2.45) is 0 Å². The Hall–Kier alpha value is -2.72. The molecule has 3 heterocycles. The molecule has 2 saturated heterocycles. The molecule has 0 bridgehead atoms. The lowest BCUT2D eigenvalue weighted by Crippen LogP contribution is -2.46. The number of nitrogens with zero attached hydrogens (tertiary/aromatic N) is 4. The predicted octanol–water partition coefficient (Wildman–Crippen LogP) is 2.57. The number of carbonyl (C=O) groups excluding carboxylic acids is 1. The van der Waals surface area contributed by atoms with Crippen LogP contribution < -0.4 is 5.32 Å². The minimum Gasteiger partial charge on any atom is -0.382 e. The molecule has 6 nitrogen and oxygen atoms in total. The molecule has 2 aliphatic rings. The molecule has 2 fully saturated rings. The third kappa shape index (κ3) is 3.92. The number of rotatable bonds is 4. The molecule has 4 rings (SSSR count). The number of piperidine rings is 1. The first-order valence-electron chi connectivity index (χ1n) is 9.80. The fourth-order valence-corrected chi connectivity index (χ4v) is 4.15. The number of likely N-dealkylation sites (tertiary alicyclic amines) is 2. The van der Waals surface area contributed by atoms with E-state index in [1.54, 1.807) is 6.20 Å². The minimum atomic E-state index is -1.08. The van der Waals surface area contributed by atoms with Crippen LogP contribution in [0.3, 0.4) is 0 Å². The number of anilines is 1. The van der Waals surface area contributed by atoms with E-state index in [9.17, 15) is 9.18 Å². The third-order valence-electron chi connectivity index (χ3n) is 5.67. The maximum absolute atomic E-state index is 13.5. The van der Waals surface area contributed by atoms with Gasteiger partial charge in [-0.15, -0.1) is 0 Å². The molecule has 0 spiro atoms. The lowest BCUT2D eigenvalue weighted by molar-refractivity contribution is -0.132. The molecule has 0 radical (unpaired) electrons. The molecule has 0 saturated carbocycles. The molecule has 1 unspecified atom stereocenters. The molecule has 7 heteroatoms. The molecule has 28 heavy (non-hydrogen) atoms. The van der Waals surface area contributed by atoms with E-state index < -0.39 is 12.2 Å². The second-order valence-corrected chi connectivity index (χ2v) is 7.59. The quantitative estimate of drug-likeness (QED) is 0.881. The third-order valence-corrected chi connectivity index (χ3v) is 5.67. The van der Waals surface area contributed by atoms with Crippen LogP contribution in [0, 0.1) is 11.3 Å². The normalized spacial score (nSPS) is 23.6. The van der Waals surface area contributed by atoms with Gasteiger partial charge in [0.05, 0.1) is 24.7 Å². The molecule has 1 aromatic heterocycles. The number of amides is 1. The zero-order valence-corrected chi connectivity index (χ0v) is 15.7. The number of halogens is 1. The second-order valence-electron chi connectivity index (χ2n) is 7.59. The molecule has 1 aromatic carbocycles. The van der Waals surface area contributed by atoms with E-state index in [2.05, 4.69) is 27.3 Å². The monoisotopic (exact) mass is 381 g/mol. The van der Waals surface area contributed by atoms with Gasteiger partial charge in [0.1, 0.15) is 12.2 Å². The lowest BCUT2D eigenvalue weighted by atomic mass is 10.0. The number of fused-ring (bicyclic) bond motifs is 1. The number of nitriles is 1. The summed E-state index contributed by atoms with van der Waals surface area (Å²) in [5.74, 6) is -0.141. The molecule has 2 aromatic rings. The number of benzene rings is 1. The number of hydrogen-bond donors (Lipinski definition) is 1. The van der Waals surface area contributed by atoms with Crippen LogP contribution >= 0.6 is 0 Å². The molecular formula is C21H24FN5O. The number of aromatic nitrogens is 1. The minimum absolute atomic E-state index is 0.0458. The average molecular weight is 381 g/mol. The van der Waals surface area contributed by atoms with Crippen molar-refractivity contribution in [1.82, 2.24) is 14.8 Å². The molecule has 0 aliphatic carbocycles. The Morgan fingerprint density at radius 1 is 1.29 bits per heavy atom. The van der Waals surface area contributed by atoms with Gasteiger partial charge in [0, 0.05) is 42.8 Å². The molecule has 146 valence electrons. The fraction of sp³-hybridized carbons (Fsp3) is 0.476. The van der Waals surface area contributed by atoms with E-state index in [4.69, 9.17) is 5.26 Å². The van der Waals surface area contributed by atoms with E-state index in [1.807, 2.05) is 24.3 Å². The van der Waals surface area contributed by atoms with Gasteiger partial charge in [-0.3, -0.25) is 14.7 Å². The van der Waals surface area contributed by atoms with Crippen LogP contribution in [-0.2, 0) is 4.79 Å². The van der Waals surface area contributed by atoms with Gasteiger partial charge in [-0.1, -0.05) is 6.07 Å². The highest BCUT2D eigenvalue weighted by atomic mass is 19.1. The van der Waals surface area contributed by atoms with Gasteiger partial charge in [0.2, 0.25) is 5.91 Å². The number of alkyl halides is 1. The maximum Gasteiger partial charge on any atom is 0.237 e. The van der Waals surface area contributed by atoms with Crippen molar-refractivity contribution in [3.8, 4) is 6.07 Å². The molecule has 2 aliphatic heterocycles. The van der Waals surface area contributed by atoms with E-state index in [0.29, 0.717) is 6.04 Å². The summed E-state index contributed by atoms with van der Waals surface area (Å²) >= 11 is 0. The first-order chi connectivity index (χ1) is 13.6. The Bertz CT molecular complexity index is 884. The Morgan fingerprint density at radius 3 is 2.89 bits per heavy atom. The standard InChI is InChI=1S/C21H24FN5O/c22-15-11-17(12-23)27(13-15)21(28)14-26-9-6-16(7-10-26)25-20-5-1-4-19-18(20)3-2-8-24-19/h1-5,8,15-17,25H,6-7,9-11,13-14H2/t15-,17?/m0/s1. The Kier molecular flexibility index (Phi) is 5.40. The highest BCUT2D eigenvalue weighted by molar-refractivity contribution is 5.91. The average Bonchev–Trinajstić information content (AvgIpc) is 3.11. The molecular weight excluding hydrogens is 357 g/mol. The van der Waals surface area contributed by atoms with Gasteiger partial charge in [-0.25, -0.2) is 4.39 Å². The van der Waals surface area contributed by atoms with Gasteiger partial charge >= 0.3 is 0 Å². The van der Waals surface area contributed by atoms with Gasteiger partial charge in [-0.05, 0) is 37.1 Å². The highest BCUT2D eigenvalue weighted by Crippen LogP contribution is 2.25. The first-order valence-corrected chi connectivity index (χ1v) is 9.80. The molecule has 2 atom stereocenters. The van der Waals surface area contributed by atoms with Crippen molar-refractivity contribution in [1.29, 1.82) is 5.26 Å². The van der Waals surface area contributed by atoms with Crippen LogP contribution in [0.15, 0.2) is 36.5 Å². The zero-order chi connectivity index (χ0) is 19.5. The summed E-state index contributed by atoms with van der Waals surface area (Å²) < 4.78 is 13.5. The summed E-state index contributed by atoms with van der Waals surface area (Å²) in [6.07, 6.45) is 2.70. The summed E-state index contributed by atoms with van der Waals surface area (Å²) in [5.41, 5.74) is 2.06. The van der Waals surface area contributed by atoms with Crippen LogP contribution in [0.2, 0.25) is 0 Å². The lowest BCUT2D eigenvalue weighted by Gasteiger charge is -2.33. The van der Waals surface area contributed by atoms with E-state index in [1.165, 1.54) is 4.90 Å². The molecule has 1 amide bonds. The number of pyridine rings is 1. The number of nitrogens with one attached hydrogen (secondary N) is 1. The second kappa shape index (κ2) is 8.11. The Morgan fingerprint density at radius 2 is 2.11 bits per heavy atom. The SMILES string of the molecule is N#CC1C[C@H](F)CN1C(=O)CN1CCC(Nc2cccc3ncccc23)CC1. The highest BCUT2D eigenvalue weighted by Gasteiger charge is 2.36. The Balaban J connectivity index is 1.31. The van der Waals surface area contributed by atoms with Crippen LogP contribution in [0.1, 0.15) is 19.3 Å². The summed E-state index contributed by atoms with van der Waals surface area (Å²) in [5, 5.41) is 13.9. The van der Waals surface area contributed by atoms with Gasteiger partial charge < -0.3 is 10.2 Å². The Labute approximate surface area is 163 Å². The number of carbonyl (C=O) groups is 1. The summed E-state index contributed by atoms with van der Waals surface area (Å²) in [6, 6.07) is 11.8. The van der Waals surface area contributed by atoms with Crippen molar-refractivity contribution >= 4 is 22.5 Å². The van der Waals surface area contributed by atoms with Crippen LogP contribution in [0.25, 0.3) is 10.9 Å². The summed E-state index contributed by atoms with van der Waals surface area (Å²) in [7, 11) is 0. The zero-order valence-electron chi connectivity index (χ0n) is 15.7. The summed E-state index contributed by atoms with van der Waals surface area (Å²) in [6.45, 7) is 1.91. The fourth-order valence-electron chi connectivity index (χ4n) is 4.15. The van der Waals surface area contributed by atoms with E-state index in [-0.39, 0.29) is 25.4 Å². The largest absolute Gasteiger partial charge is 0.382 e. The van der Waals surface area contributed by atoms with Crippen LogP contribution in [0.5, 0.6) is 0 Å². The van der Waals surface area contributed by atoms with E-state index in [0.717, 1.165) is 42.5 Å². The smallest absolute Gasteiger partial charge is 0.237 e. The summed E-state index contributed by atoms with van der Waals surface area (Å²) in [4.78, 5) is 20.4. The number of hydrogen-bond acceptors (Lipinski definition) is 5.